The van der Waals surface area contributed by atoms with Crippen molar-refractivity contribution in [3.05, 3.63) is 29.8 Å². The number of nitrogens with two attached hydrogens (primary N) is 1. The Morgan fingerprint density at radius 3 is 3.00 bits per heavy atom. The van der Waals surface area contributed by atoms with Crippen LogP contribution in [0.5, 0.6) is 5.75 Å². The summed E-state index contributed by atoms with van der Waals surface area (Å²) in [6, 6.07) is 8.27. The molecule has 2 rings (SSSR count). The van der Waals surface area contributed by atoms with Crippen LogP contribution in [0.4, 0.5) is 0 Å². The number of benzene rings is 1. The van der Waals surface area contributed by atoms with Crippen molar-refractivity contribution < 1.29 is 9.47 Å². The molecule has 0 amide bonds. The van der Waals surface area contributed by atoms with Crippen molar-refractivity contribution in [2.75, 3.05) is 40.0 Å². The summed E-state index contributed by atoms with van der Waals surface area (Å²) in [4.78, 5) is 2.33. The van der Waals surface area contributed by atoms with Crippen molar-refractivity contribution in [2.45, 2.75) is 18.8 Å². The third-order valence-corrected chi connectivity index (χ3v) is 3.87. The van der Waals surface area contributed by atoms with E-state index in [2.05, 4.69) is 17.0 Å². The largest absolute Gasteiger partial charge is 0.493 e. The summed E-state index contributed by atoms with van der Waals surface area (Å²) in [5.74, 6) is 1.72. The molecule has 0 fully saturated rings. The molecule has 21 heavy (non-hydrogen) atoms. The summed E-state index contributed by atoms with van der Waals surface area (Å²) in [6.45, 7) is 4.09. The number of fused-ring (bicyclic) bond motifs is 1. The standard InChI is InChI=1S/C16H25N3O2/c1-20-11-9-19(8-6-16(17)18)12-13-7-10-21-15-5-3-2-4-14(13)15/h2-5,13H,6-12H2,1H3,(H3,17,18). The Kier molecular flexibility index (Phi) is 6.02. The van der Waals surface area contributed by atoms with Gasteiger partial charge in [-0.1, -0.05) is 18.2 Å². The van der Waals surface area contributed by atoms with Crippen molar-refractivity contribution >= 4 is 5.84 Å². The molecule has 0 aliphatic carbocycles. The van der Waals surface area contributed by atoms with Gasteiger partial charge in [-0.2, -0.15) is 0 Å². The molecule has 1 aliphatic rings. The Balaban J connectivity index is 2.00. The summed E-state index contributed by atoms with van der Waals surface area (Å²) in [6.07, 6.45) is 1.63. The van der Waals surface area contributed by atoms with Gasteiger partial charge in [0.2, 0.25) is 0 Å². The van der Waals surface area contributed by atoms with E-state index in [9.17, 15) is 0 Å². The normalized spacial score (nSPS) is 17.3. The maximum absolute atomic E-state index is 7.40. The van der Waals surface area contributed by atoms with Crippen LogP contribution in [0.15, 0.2) is 24.3 Å². The van der Waals surface area contributed by atoms with Gasteiger partial charge in [-0.3, -0.25) is 10.3 Å². The first-order valence-electron chi connectivity index (χ1n) is 7.46. The van der Waals surface area contributed by atoms with E-state index in [1.807, 2.05) is 12.1 Å². The highest BCUT2D eigenvalue weighted by atomic mass is 16.5. The minimum atomic E-state index is 0.241. The Morgan fingerprint density at radius 2 is 2.24 bits per heavy atom. The monoisotopic (exact) mass is 291 g/mol. The fourth-order valence-electron chi connectivity index (χ4n) is 2.71. The van der Waals surface area contributed by atoms with Crippen molar-refractivity contribution in [1.82, 2.24) is 4.90 Å². The summed E-state index contributed by atoms with van der Waals surface area (Å²) in [5.41, 5.74) is 6.77. The van der Waals surface area contributed by atoms with Crippen molar-refractivity contribution in [3.8, 4) is 5.75 Å². The van der Waals surface area contributed by atoms with Crippen molar-refractivity contribution in [3.63, 3.8) is 0 Å². The minimum absolute atomic E-state index is 0.241. The van der Waals surface area contributed by atoms with Gasteiger partial charge in [0.25, 0.3) is 0 Å². The van der Waals surface area contributed by atoms with Gasteiger partial charge in [0.05, 0.1) is 19.0 Å². The van der Waals surface area contributed by atoms with Gasteiger partial charge in [0.1, 0.15) is 5.75 Å². The third kappa shape index (κ3) is 4.72. The number of nitrogens with one attached hydrogen (secondary N) is 1. The second-order valence-electron chi connectivity index (χ2n) is 5.44. The predicted molar refractivity (Wildman–Crippen MR) is 84.1 cm³/mol. The Morgan fingerprint density at radius 1 is 1.43 bits per heavy atom. The number of rotatable bonds is 8. The van der Waals surface area contributed by atoms with Crippen LogP contribution in [-0.2, 0) is 4.74 Å². The Labute approximate surface area is 126 Å². The van der Waals surface area contributed by atoms with E-state index in [4.69, 9.17) is 20.6 Å². The first kappa shape index (κ1) is 15.8. The fraction of sp³-hybridized carbons (Fsp3) is 0.562. The lowest BCUT2D eigenvalue weighted by atomic mass is 9.92. The first-order valence-corrected chi connectivity index (χ1v) is 7.46. The number of nitrogens with zero attached hydrogens (tertiary/aromatic N) is 1. The zero-order chi connectivity index (χ0) is 15.1. The molecule has 1 heterocycles. The van der Waals surface area contributed by atoms with Crippen LogP contribution in [0.2, 0.25) is 0 Å². The Bertz CT molecular complexity index is 465. The summed E-state index contributed by atoms with van der Waals surface area (Å²) >= 11 is 0. The lowest BCUT2D eigenvalue weighted by molar-refractivity contribution is 0.139. The first-order chi connectivity index (χ1) is 10.2. The zero-order valence-electron chi connectivity index (χ0n) is 12.7. The molecule has 0 saturated carbocycles. The lowest BCUT2D eigenvalue weighted by Gasteiger charge is -2.31. The number of methoxy groups -OCH3 is 1. The molecule has 0 aromatic heterocycles. The number of para-hydroxylation sites is 1. The molecule has 1 aromatic carbocycles. The van der Waals surface area contributed by atoms with Crippen LogP contribution < -0.4 is 10.5 Å². The van der Waals surface area contributed by atoms with Gasteiger partial charge in [-0.25, -0.2) is 0 Å². The maximum atomic E-state index is 7.40. The topological polar surface area (TPSA) is 71.6 Å². The summed E-state index contributed by atoms with van der Waals surface area (Å²) in [7, 11) is 1.72. The van der Waals surface area contributed by atoms with E-state index in [0.717, 1.165) is 38.4 Å². The van der Waals surface area contributed by atoms with E-state index in [1.54, 1.807) is 7.11 Å². The van der Waals surface area contributed by atoms with Crippen molar-refractivity contribution in [2.24, 2.45) is 5.73 Å². The van der Waals surface area contributed by atoms with Crippen molar-refractivity contribution in [1.29, 1.82) is 5.41 Å². The van der Waals surface area contributed by atoms with E-state index in [0.29, 0.717) is 18.9 Å². The second kappa shape index (κ2) is 8.00. The number of hydrogen-bond acceptors (Lipinski definition) is 4. The molecule has 5 heteroatoms. The van der Waals surface area contributed by atoms with Crippen LogP contribution in [0.3, 0.4) is 0 Å². The van der Waals surface area contributed by atoms with Gasteiger partial charge >= 0.3 is 0 Å². The number of amidine groups is 1. The molecule has 1 unspecified atom stereocenters. The summed E-state index contributed by atoms with van der Waals surface area (Å²) < 4.78 is 10.9. The molecule has 1 aliphatic heterocycles. The highest BCUT2D eigenvalue weighted by Crippen LogP contribution is 2.33. The molecule has 0 spiro atoms. The number of ether oxygens (including phenoxy) is 2. The lowest BCUT2D eigenvalue weighted by Crippen LogP contribution is -2.35. The van der Waals surface area contributed by atoms with E-state index >= 15 is 0 Å². The zero-order valence-corrected chi connectivity index (χ0v) is 12.7. The molecule has 0 radical (unpaired) electrons. The van der Waals surface area contributed by atoms with Gasteiger partial charge in [0, 0.05) is 39.1 Å². The smallest absolute Gasteiger partial charge is 0.122 e. The van der Waals surface area contributed by atoms with Gasteiger partial charge in [-0.05, 0) is 18.1 Å². The van der Waals surface area contributed by atoms with Crippen LogP contribution in [-0.4, -0.2) is 50.7 Å². The molecule has 1 atom stereocenters. The van der Waals surface area contributed by atoms with Crippen LogP contribution in [0, 0.1) is 5.41 Å². The SMILES string of the molecule is COCCN(CCC(=N)N)CC1CCOc2ccccc21. The average molecular weight is 291 g/mol. The van der Waals surface area contributed by atoms with E-state index in [1.165, 1.54) is 5.56 Å². The van der Waals surface area contributed by atoms with E-state index < -0.39 is 0 Å². The number of hydrogen-bond donors (Lipinski definition) is 2. The predicted octanol–water partition coefficient (Wildman–Crippen LogP) is 1.83. The molecule has 3 N–H and O–H groups in total. The quantitative estimate of drug-likeness (QED) is 0.566. The second-order valence-corrected chi connectivity index (χ2v) is 5.44. The maximum Gasteiger partial charge on any atom is 0.122 e. The fourth-order valence-corrected chi connectivity index (χ4v) is 2.71. The van der Waals surface area contributed by atoms with Gasteiger partial charge < -0.3 is 15.2 Å². The van der Waals surface area contributed by atoms with E-state index in [-0.39, 0.29) is 5.84 Å². The highest BCUT2D eigenvalue weighted by molar-refractivity contribution is 5.76. The molecule has 1 aromatic rings. The molecular weight excluding hydrogens is 266 g/mol. The van der Waals surface area contributed by atoms with Crippen LogP contribution in [0.1, 0.15) is 24.3 Å². The minimum Gasteiger partial charge on any atom is -0.493 e. The molecular formula is C16H25N3O2. The van der Waals surface area contributed by atoms with Crippen LogP contribution in [0.25, 0.3) is 0 Å². The van der Waals surface area contributed by atoms with Gasteiger partial charge in [0.15, 0.2) is 0 Å². The van der Waals surface area contributed by atoms with Crippen LogP contribution >= 0.6 is 0 Å². The molecule has 0 bridgehead atoms. The Hall–Kier alpha value is -1.59. The third-order valence-electron chi connectivity index (χ3n) is 3.87. The average Bonchev–Trinajstić information content (AvgIpc) is 2.50. The molecule has 0 saturated heterocycles. The van der Waals surface area contributed by atoms with Gasteiger partial charge in [-0.15, -0.1) is 0 Å². The molecule has 116 valence electrons. The summed E-state index contributed by atoms with van der Waals surface area (Å²) in [5, 5.41) is 7.40. The highest BCUT2D eigenvalue weighted by Gasteiger charge is 2.23. The molecule has 5 nitrogen and oxygen atoms in total.